The number of anilines is 1. The van der Waals surface area contributed by atoms with Crippen LogP contribution in [0.3, 0.4) is 0 Å². The Labute approximate surface area is 231 Å². The molecule has 0 saturated carbocycles. The zero-order valence-corrected chi connectivity index (χ0v) is 23.4. The molecule has 5 rings (SSSR count). The number of carbonyl (C=O) groups excluding carboxylic acids is 3. The monoisotopic (exact) mass is 583 g/mol. The fourth-order valence-corrected chi connectivity index (χ4v) is 7.32. The number of hydrogen-bond donors (Lipinski definition) is 3. The molecule has 2 aromatic carbocycles. The molecule has 7 atom stereocenters. The number of fused-ring (bicyclic) bond motifs is 1. The topological polar surface area (TPSA) is 108 Å². The third-order valence-corrected chi connectivity index (χ3v) is 8.58. The molecule has 1 spiro atoms. The first kappa shape index (κ1) is 26.8. The Morgan fingerprint density at radius 1 is 1.11 bits per heavy atom. The number of hydrogen-bond acceptors (Lipinski definition) is 5. The fraction of sp³-hybridized carbons (Fsp3) is 0.483. The molecule has 9 heteroatoms. The van der Waals surface area contributed by atoms with Gasteiger partial charge in [0.05, 0.1) is 30.6 Å². The number of rotatable bonds is 7. The van der Waals surface area contributed by atoms with E-state index < -0.39 is 41.2 Å². The number of benzene rings is 2. The molecule has 2 bridgehead atoms. The summed E-state index contributed by atoms with van der Waals surface area (Å²) in [6, 6.07) is 17.0. The summed E-state index contributed by atoms with van der Waals surface area (Å²) < 4.78 is 6.55. The Balaban J connectivity index is 1.54. The average molecular weight is 585 g/mol. The number of aliphatic hydroxyl groups excluding tert-OH is 1. The summed E-state index contributed by atoms with van der Waals surface area (Å²) >= 11 is 3.69. The average Bonchev–Trinajstić information content (AvgIpc) is 3.46. The molecule has 38 heavy (non-hydrogen) atoms. The van der Waals surface area contributed by atoms with Gasteiger partial charge in [-0.1, -0.05) is 64.5 Å². The Morgan fingerprint density at radius 2 is 1.74 bits per heavy atom. The predicted molar refractivity (Wildman–Crippen MR) is 147 cm³/mol. The Bertz CT molecular complexity index is 1200. The van der Waals surface area contributed by atoms with Gasteiger partial charge in [-0.15, -0.1) is 0 Å². The maximum Gasteiger partial charge on any atom is 0.246 e. The lowest BCUT2D eigenvalue weighted by Gasteiger charge is -2.38. The van der Waals surface area contributed by atoms with Gasteiger partial charge in [0.2, 0.25) is 17.7 Å². The van der Waals surface area contributed by atoms with Crippen molar-refractivity contribution in [2.45, 2.75) is 67.8 Å². The molecule has 0 aliphatic carbocycles. The highest BCUT2D eigenvalue weighted by atomic mass is 79.9. The zero-order chi connectivity index (χ0) is 27.2. The van der Waals surface area contributed by atoms with Gasteiger partial charge in [-0.05, 0) is 51.3 Å². The van der Waals surface area contributed by atoms with E-state index in [1.54, 1.807) is 12.1 Å². The van der Waals surface area contributed by atoms with Gasteiger partial charge < -0.3 is 25.4 Å². The highest BCUT2D eigenvalue weighted by Gasteiger charge is 2.77. The molecule has 3 N–H and O–H groups in total. The predicted octanol–water partition coefficient (Wildman–Crippen LogP) is 2.89. The molecule has 3 fully saturated rings. The Kier molecular flexibility index (Phi) is 7.13. The molecule has 3 unspecified atom stereocenters. The van der Waals surface area contributed by atoms with Gasteiger partial charge in [0.25, 0.3) is 0 Å². The Morgan fingerprint density at radius 3 is 2.34 bits per heavy atom. The van der Waals surface area contributed by atoms with Crippen LogP contribution in [0.4, 0.5) is 5.69 Å². The second kappa shape index (κ2) is 10.1. The van der Waals surface area contributed by atoms with Gasteiger partial charge in [0.1, 0.15) is 11.6 Å². The molecule has 202 valence electrons. The smallest absolute Gasteiger partial charge is 0.246 e. The standard InChI is InChI=1S/C29H34BrN3O5/c1-28(2,3)32-26(36)24-29-15-20(30)23(38-29)21(25(35)31-18-12-8-5-9-13-18)22(29)27(37)33(24)19(16-34)14-17-10-6-4-7-11-17/h4-13,19-24,34H,14-16H2,1-3H3,(H,31,35)(H,32,36)/t19-,20?,21-,22+,23-,24?,29?/m1/s1. The third-order valence-electron chi connectivity index (χ3n) is 7.74. The summed E-state index contributed by atoms with van der Waals surface area (Å²) in [6.45, 7) is 5.31. The first-order valence-electron chi connectivity index (χ1n) is 13.0. The largest absolute Gasteiger partial charge is 0.394 e. The van der Waals surface area contributed by atoms with Crippen molar-refractivity contribution in [3.8, 4) is 0 Å². The van der Waals surface area contributed by atoms with E-state index in [2.05, 4.69) is 26.6 Å². The first-order valence-corrected chi connectivity index (χ1v) is 13.9. The van der Waals surface area contributed by atoms with Gasteiger partial charge >= 0.3 is 0 Å². The lowest BCUT2D eigenvalue weighted by atomic mass is 9.70. The third kappa shape index (κ3) is 4.65. The minimum atomic E-state index is -1.19. The lowest BCUT2D eigenvalue weighted by molar-refractivity contribution is -0.145. The van der Waals surface area contributed by atoms with Crippen LogP contribution < -0.4 is 10.6 Å². The molecule has 0 radical (unpaired) electrons. The van der Waals surface area contributed by atoms with Gasteiger partial charge in [-0.2, -0.15) is 0 Å². The van der Waals surface area contributed by atoms with Crippen molar-refractivity contribution in [1.82, 2.24) is 10.2 Å². The SMILES string of the molecule is CC(C)(C)NC(=O)C1N([C@@H](CO)Cc2ccccc2)C(=O)[C@@H]2[C@@H](C(=O)Nc3ccccc3)[C@@H]3OC12CC3Br. The number of alkyl halides is 1. The van der Waals surface area contributed by atoms with Crippen molar-refractivity contribution in [2.75, 3.05) is 11.9 Å². The molecule has 2 aromatic rings. The number of halogens is 1. The van der Waals surface area contributed by atoms with Crippen LogP contribution in [0.15, 0.2) is 60.7 Å². The highest BCUT2D eigenvalue weighted by molar-refractivity contribution is 9.09. The maximum absolute atomic E-state index is 14.3. The summed E-state index contributed by atoms with van der Waals surface area (Å²) in [5.41, 5.74) is -0.176. The Hall–Kier alpha value is -2.75. The van der Waals surface area contributed by atoms with E-state index in [4.69, 9.17) is 4.74 Å². The molecule has 3 amide bonds. The van der Waals surface area contributed by atoms with E-state index in [1.807, 2.05) is 69.3 Å². The van der Waals surface area contributed by atoms with Crippen molar-refractivity contribution in [2.24, 2.45) is 11.8 Å². The van der Waals surface area contributed by atoms with Crippen molar-refractivity contribution in [1.29, 1.82) is 0 Å². The number of para-hydroxylation sites is 1. The maximum atomic E-state index is 14.3. The van der Waals surface area contributed by atoms with Gasteiger partial charge in [0, 0.05) is 16.1 Å². The summed E-state index contributed by atoms with van der Waals surface area (Å²) in [6.07, 6.45) is 0.222. The summed E-state index contributed by atoms with van der Waals surface area (Å²) in [4.78, 5) is 43.1. The van der Waals surface area contributed by atoms with E-state index in [9.17, 15) is 19.5 Å². The number of aliphatic hydroxyl groups is 1. The number of carbonyl (C=O) groups is 3. The summed E-state index contributed by atoms with van der Waals surface area (Å²) in [5.74, 6) is -2.61. The van der Waals surface area contributed by atoms with E-state index in [1.165, 1.54) is 4.90 Å². The number of likely N-dealkylation sites (tertiary alicyclic amines) is 1. The summed E-state index contributed by atoms with van der Waals surface area (Å²) in [7, 11) is 0. The molecule has 3 aliphatic heterocycles. The van der Waals surface area contributed by atoms with E-state index in [0.29, 0.717) is 18.5 Å². The van der Waals surface area contributed by atoms with Crippen LogP contribution in [0.1, 0.15) is 32.8 Å². The van der Waals surface area contributed by atoms with Crippen LogP contribution in [-0.2, 0) is 25.5 Å². The van der Waals surface area contributed by atoms with Crippen molar-refractivity contribution >= 4 is 39.3 Å². The van der Waals surface area contributed by atoms with Crippen molar-refractivity contribution in [3.63, 3.8) is 0 Å². The van der Waals surface area contributed by atoms with Crippen LogP contribution >= 0.6 is 15.9 Å². The van der Waals surface area contributed by atoms with Crippen LogP contribution in [-0.4, -0.2) is 68.5 Å². The van der Waals surface area contributed by atoms with Crippen LogP contribution in [0.2, 0.25) is 0 Å². The number of nitrogens with zero attached hydrogens (tertiary/aromatic N) is 1. The number of amides is 3. The minimum Gasteiger partial charge on any atom is -0.394 e. The second-order valence-electron chi connectivity index (χ2n) is 11.5. The molecule has 3 aliphatic rings. The molecule has 0 aromatic heterocycles. The highest BCUT2D eigenvalue weighted by Crippen LogP contribution is 2.60. The quantitative estimate of drug-likeness (QED) is 0.434. The second-order valence-corrected chi connectivity index (χ2v) is 12.7. The van der Waals surface area contributed by atoms with Crippen LogP contribution in [0, 0.1) is 11.8 Å². The zero-order valence-electron chi connectivity index (χ0n) is 21.8. The van der Waals surface area contributed by atoms with Gasteiger partial charge in [-0.25, -0.2) is 0 Å². The normalized spacial score (nSPS) is 30.7. The van der Waals surface area contributed by atoms with Crippen LogP contribution in [0.5, 0.6) is 0 Å². The van der Waals surface area contributed by atoms with Crippen LogP contribution in [0.25, 0.3) is 0 Å². The molecule has 8 nitrogen and oxygen atoms in total. The molecular formula is C29H34BrN3O5. The fourth-order valence-electron chi connectivity index (χ4n) is 6.38. The molecule has 3 saturated heterocycles. The van der Waals surface area contributed by atoms with Gasteiger partial charge in [0.15, 0.2) is 0 Å². The van der Waals surface area contributed by atoms with Crippen molar-refractivity contribution in [3.05, 3.63) is 66.2 Å². The molecule has 3 heterocycles. The van der Waals surface area contributed by atoms with E-state index in [0.717, 1.165) is 5.56 Å². The van der Waals surface area contributed by atoms with E-state index >= 15 is 0 Å². The lowest BCUT2D eigenvalue weighted by Crippen LogP contribution is -2.60. The van der Waals surface area contributed by atoms with Gasteiger partial charge in [-0.3, -0.25) is 14.4 Å². The first-order chi connectivity index (χ1) is 18.1. The minimum absolute atomic E-state index is 0.204. The van der Waals surface area contributed by atoms with Crippen molar-refractivity contribution < 1.29 is 24.2 Å². The number of nitrogens with one attached hydrogen (secondary N) is 2. The summed E-state index contributed by atoms with van der Waals surface area (Å²) in [5, 5.41) is 16.5. The molecular weight excluding hydrogens is 550 g/mol. The number of ether oxygens (including phenoxy) is 1. The van der Waals surface area contributed by atoms with E-state index in [-0.39, 0.29) is 29.2 Å².